The summed E-state index contributed by atoms with van der Waals surface area (Å²) in [6, 6.07) is 5.75. The molecule has 0 bridgehead atoms. The Bertz CT molecular complexity index is 368. The molecular weight excluding hydrogens is 320 g/mol. The number of hydrogen-bond acceptors (Lipinski definition) is 1. The molecule has 0 fully saturated rings. The number of rotatable bonds is 4. The summed E-state index contributed by atoms with van der Waals surface area (Å²) in [5, 5.41) is 9.86. The van der Waals surface area contributed by atoms with Gasteiger partial charge in [0.15, 0.2) is 0 Å². The molecule has 1 atom stereocenters. The van der Waals surface area contributed by atoms with E-state index in [1.165, 1.54) is 0 Å². The first-order valence-corrected chi connectivity index (χ1v) is 6.30. The number of aliphatic hydroxyl groups excluding tert-OH is 1. The largest absolute Gasteiger partial charge is 0.388 e. The minimum absolute atomic E-state index is 0.428. The van der Waals surface area contributed by atoms with Crippen molar-refractivity contribution in [1.29, 1.82) is 0 Å². The normalized spacial score (nSPS) is 12.1. The molecule has 0 aliphatic heterocycles. The molecule has 80 valence electrons. The van der Waals surface area contributed by atoms with E-state index in [2.05, 4.69) is 37.8 Å². The molecule has 3 heteroatoms. The van der Waals surface area contributed by atoms with Crippen LogP contribution in [0.5, 0.6) is 0 Å². The second-order valence-electron chi connectivity index (χ2n) is 3.29. The van der Waals surface area contributed by atoms with E-state index in [-0.39, 0.29) is 0 Å². The number of unbranched alkanes of at least 4 members (excludes halogenated alkanes) is 1. The number of hydrogen-bond donors (Lipinski definition) is 1. The molecule has 1 aromatic rings. The highest BCUT2D eigenvalue weighted by molar-refractivity contribution is 9.13. The molecule has 1 nitrogen and oxygen atoms in total. The fraction of sp³-hybridized carbons (Fsp3) is 0.333. The first-order chi connectivity index (χ1) is 7.15. The molecule has 0 radical (unpaired) electrons. The Morgan fingerprint density at radius 2 is 2.07 bits per heavy atom. The van der Waals surface area contributed by atoms with Crippen molar-refractivity contribution in [1.82, 2.24) is 0 Å². The zero-order valence-corrected chi connectivity index (χ0v) is 11.4. The van der Waals surface area contributed by atoms with E-state index in [0.29, 0.717) is 6.42 Å². The third-order valence-corrected chi connectivity index (χ3v) is 4.01. The van der Waals surface area contributed by atoms with Crippen molar-refractivity contribution < 1.29 is 5.11 Å². The lowest BCUT2D eigenvalue weighted by Crippen LogP contribution is -1.97. The standard InChI is InChI=1S/C12H12Br2O/c1-2-3-4-5-12(15)9-6-7-10(13)11(14)8-9/h1,6-8,12,15H,3-5H2. The summed E-state index contributed by atoms with van der Waals surface area (Å²) in [5.41, 5.74) is 0.919. The fourth-order valence-corrected chi connectivity index (χ4v) is 1.93. The average Bonchev–Trinajstić information content (AvgIpc) is 2.22. The molecule has 0 aromatic heterocycles. The van der Waals surface area contributed by atoms with Gasteiger partial charge in [0.2, 0.25) is 0 Å². The van der Waals surface area contributed by atoms with E-state index in [1.54, 1.807) is 0 Å². The van der Waals surface area contributed by atoms with Gasteiger partial charge >= 0.3 is 0 Å². The molecule has 0 spiro atoms. The predicted octanol–water partition coefficient (Wildman–Crippen LogP) is 4.05. The van der Waals surface area contributed by atoms with Crippen LogP contribution in [0.3, 0.4) is 0 Å². The van der Waals surface area contributed by atoms with Crippen molar-refractivity contribution in [2.75, 3.05) is 0 Å². The van der Waals surface area contributed by atoms with Gasteiger partial charge in [-0.25, -0.2) is 0 Å². The van der Waals surface area contributed by atoms with Gasteiger partial charge in [-0.3, -0.25) is 0 Å². The molecular formula is C12H12Br2O. The van der Waals surface area contributed by atoms with E-state index in [1.807, 2.05) is 18.2 Å². The van der Waals surface area contributed by atoms with Crippen molar-refractivity contribution in [3.63, 3.8) is 0 Å². The molecule has 0 saturated heterocycles. The Morgan fingerprint density at radius 3 is 2.67 bits per heavy atom. The van der Waals surface area contributed by atoms with Crippen molar-refractivity contribution in [2.24, 2.45) is 0 Å². The van der Waals surface area contributed by atoms with Crippen LogP contribution in [0.2, 0.25) is 0 Å². The van der Waals surface area contributed by atoms with Crippen molar-refractivity contribution in [3.05, 3.63) is 32.7 Å². The quantitative estimate of drug-likeness (QED) is 0.652. The second kappa shape index (κ2) is 6.32. The summed E-state index contributed by atoms with van der Waals surface area (Å²) in [4.78, 5) is 0. The number of aliphatic hydroxyl groups is 1. The van der Waals surface area contributed by atoms with Crippen LogP contribution in [-0.2, 0) is 0 Å². The molecule has 1 rings (SSSR count). The minimum atomic E-state index is -0.428. The van der Waals surface area contributed by atoms with Gasteiger partial charge in [-0.1, -0.05) is 6.07 Å². The van der Waals surface area contributed by atoms with Gasteiger partial charge in [-0.2, -0.15) is 0 Å². The van der Waals surface area contributed by atoms with Gasteiger partial charge in [0.25, 0.3) is 0 Å². The second-order valence-corrected chi connectivity index (χ2v) is 4.99. The maximum absolute atomic E-state index is 9.86. The number of benzene rings is 1. The van der Waals surface area contributed by atoms with Crippen molar-refractivity contribution >= 4 is 31.9 Å². The van der Waals surface area contributed by atoms with Gasteiger partial charge in [0.05, 0.1) is 6.10 Å². The molecule has 15 heavy (non-hydrogen) atoms. The summed E-state index contributed by atoms with van der Waals surface area (Å²) in [7, 11) is 0. The molecule has 0 saturated carbocycles. The van der Waals surface area contributed by atoms with Gasteiger partial charge in [-0.05, 0) is 62.4 Å². The summed E-state index contributed by atoms with van der Waals surface area (Å²) >= 11 is 6.79. The Morgan fingerprint density at radius 1 is 1.33 bits per heavy atom. The summed E-state index contributed by atoms with van der Waals surface area (Å²) in [5.74, 6) is 2.57. The SMILES string of the molecule is C#CCCCC(O)c1ccc(Br)c(Br)c1. The Labute approximate surface area is 107 Å². The Balaban J connectivity index is 2.62. The minimum Gasteiger partial charge on any atom is -0.388 e. The lowest BCUT2D eigenvalue weighted by atomic mass is 10.0. The molecule has 1 unspecified atom stereocenters. The highest BCUT2D eigenvalue weighted by Crippen LogP contribution is 2.28. The molecule has 0 amide bonds. The Hall–Kier alpha value is -0.300. The van der Waals surface area contributed by atoms with E-state index < -0.39 is 6.10 Å². The zero-order chi connectivity index (χ0) is 11.3. The van der Waals surface area contributed by atoms with E-state index in [4.69, 9.17) is 6.42 Å². The molecule has 1 N–H and O–H groups in total. The van der Waals surface area contributed by atoms with Crippen molar-refractivity contribution in [2.45, 2.75) is 25.4 Å². The monoisotopic (exact) mass is 330 g/mol. The number of halogens is 2. The maximum Gasteiger partial charge on any atom is 0.0790 e. The number of terminal acetylenes is 1. The summed E-state index contributed by atoms with van der Waals surface area (Å²) < 4.78 is 1.94. The highest BCUT2D eigenvalue weighted by atomic mass is 79.9. The third kappa shape index (κ3) is 3.98. The molecule has 0 aliphatic carbocycles. The van der Waals surface area contributed by atoms with Crippen LogP contribution in [-0.4, -0.2) is 5.11 Å². The smallest absolute Gasteiger partial charge is 0.0790 e. The van der Waals surface area contributed by atoms with Gasteiger partial charge in [0, 0.05) is 15.4 Å². The molecule has 0 heterocycles. The van der Waals surface area contributed by atoms with Crippen LogP contribution >= 0.6 is 31.9 Å². The van der Waals surface area contributed by atoms with Gasteiger partial charge in [0.1, 0.15) is 0 Å². The molecule has 1 aromatic carbocycles. The first kappa shape index (κ1) is 12.8. The predicted molar refractivity (Wildman–Crippen MR) is 69.5 cm³/mol. The van der Waals surface area contributed by atoms with Crippen LogP contribution in [0.1, 0.15) is 30.9 Å². The zero-order valence-electron chi connectivity index (χ0n) is 8.21. The van der Waals surface area contributed by atoms with Crippen molar-refractivity contribution in [3.8, 4) is 12.3 Å². The molecule has 0 aliphatic rings. The fourth-order valence-electron chi connectivity index (χ4n) is 1.28. The lowest BCUT2D eigenvalue weighted by Gasteiger charge is -2.10. The average molecular weight is 332 g/mol. The maximum atomic E-state index is 9.86. The highest BCUT2D eigenvalue weighted by Gasteiger charge is 2.08. The van der Waals surface area contributed by atoms with Crippen LogP contribution < -0.4 is 0 Å². The topological polar surface area (TPSA) is 20.2 Å². The van der Waals surface area contributed by atoms with E-state index in [9.17, 15) is 5.11 Å². The summed E-state index contributed by atoms with van der Waals surface area (Å²) in [6.07, 6.45) is 7.00. The van der Waals surface area contributed by atoms with Crippen LogP contribution in [0.25, 0.3) is 0 Å². The lowest BCUT2D eigenvalue weighted by molar-refractivity contribution is 0.165. The summed E-state index contributed by atoms with van der Waals surface area (Å²) in [6.45, 7) is 0. The van der Waals surface area contributed by atoms with E-state index >= 15 is 0 Å². The van der Waals surface area contributed by atoms with E-state index in [0.717, 1.165) is 27.4 Å². The van der Waals surface area contributed by atoms with Crippen LogP contribution in [0.15, 0.2) is 27.1 Å². The van der Waals surface area contributed by atoms with Crippen LogP contribution in [0, 0.1) is 12.3 Å². The van der Waals surface area contributed by atoms with Gasteiger partial charge < -0.3 is 5.11 Å². The Kier molecular flexibility index (Phi) is 5.38. The first-order valence-electron chi connectivity index (χ1n) is 4.71. The third-order valence-electron chi connectivity index (χ3n) is 2.13. The van der Waals surface area contributed by atoms with Crippen LogP contribution in [0.4, 0.5) is 0 Å². The van der Waals surface area contributed by atoms with Gasteiger partial charge in [-0.15, -0.1) is 12.3 Å².